The van der Waals surface area contributed by atoms with Gasteiger partial charge < -0.3 is 5.11 Å². The molecule has 0 heterocycles. The molecule has 0 rings (SSSR count). The Morgan fingerprint density at radius 3 is 2.09 bits per heavy atom. The molecule has 4 nitrogen and oxygen atoms in total. The van der Waals surface area contributed by atoms with Gasteiger partial charge in [0.2, 0.25) is 0 Å². The number of unbranched alkanes of at least 4 members (excludes halogenated alkanes) is 2. The van der Waals surface area contributed by atoms with Crippen LogP contribution in [0.2, 0.25) is 0 Å². The third kappa shape index (κ3) is 26.1. The third-order valence-corrected chi connectivity index (χ3v) is 0.994. The lowest BCUT2D eigenvalue weighted by molar-refractivity contribution is -0.137. The fourth-order valence-corrected chi connectivity index (χ4v) is 0.526. The lowest BCUT2D eigenvalue weighted by Crippen LogP contribution is -2.02. The summed E-state index contributed by atoms with van der Waals surface area (Å²) in [5, 5.41) is 8.14. The molecule has 0 spiro atoms. The average molecular weight is 185 g/mol. The number of carboxylic acid groups (broad SMARTS) is 1. The molecule has 0 aliphatic rings. The van der Waals surface area contributed by atoms with Crippen molar-refractivity contribution < 1.29 is 9.90 Å². The van der Waals surface area contributed by atoms with E-state index in [1.807, 2.05) is 0 Å². The van der Waals surface area contributed by atoms with E-state index in [2.05, 4.69) is 18.6 Å². The average Bonchev–Trinajstić information content (AvgIpc) is 1.92. The molecule has 0 aromatic heterocycles. The van der Waals surface area contributed by atoms with E-state index in [0.29, 0.717) is 6.42 Å². The van der Waals surface area contributed by atoms with Crippen molar-refractivity contribution in [2.45, 2.75) is 32.6 Å². The topological polar surface area (TPSA) is 89.3 Å². The zero-order chi connectivity index (χ0) is 8.41. The molecule has 0 aliphatic heterocycles. The summed E-state index contributed by atoms with van der Waals surface area (Å²) in [6.45, 7) is 2.06. The van der Waals surface area contributed by atoms with Gasteiger partial charge in [0.25, 0.3) is 0 Å². The molecule has 0 amide bonds. The smallest absolute Gasteiger partial charge is 0.303 e. The van der Waals surface area contributed by atoms with Crippen LogP contribution in [-0.2, 0) is 4.79 Å². The van der Waals surface area contributed by atoms with E-state index in [4.69, 9.17) is 5.11 Å². The molecule has 0 aliphatic carbocycles. The van der Waals surface area contributed by atoms with Gasteiger partial charge in [0, 0.05) is 6.42 Å². The van der Waals surface area contributed by atoms with Crippen LogP contribution in [0.4, 0.5) is 0 Å². The van der Waals surface area contributed by atoms with Crippen LogP contribution < -0.4 is 11.7 Å². The Kier molecular flexibility index (Phi) is 25.2. The zero-order valence-corrected chi connectivity index (χ0v) is 7.56. The molecule has 0 saturated carbocycles. The van der Waals surface area contributed by atoms with Gasteiger partial charge in [0.1, 0.15) is 0 Å². The molecule has 5 heteroatoms. The number of halogens is 1. The maximum absolute atomic E-state index is 9.87. The molecule has 0 aromatic rings. The van der Waals surface area contributed by atoms with Gasteiger partial charge in [-0.1, -0.05) is 19.8 Å². The Balaban J connectivity index is -0.000000196. The van der Waals surface area contributed by atoms with E-state index in [0.717, 1.165) is 19.3 Å². The van der Waals surface area contributed by atoms with Crippen molar-refractivity contribution in [3.05, 3.63) is 0 Å². The minimum absolute atomic E-state index is 0. The van der Waals surface area contributed by atoms with Gasteiger partial charge >= 0.3 is 5.97 Å². The van der Waals surface area contributed by atoms with Crippen LogP contribution in [0.15, 0.2) is 0 Å². The first kappa shape index (κ1) is 17.0. The summed E-state index contributed by atoms with van der Waals surface area (Å²) in [6.07, 6.45) is 3.28. The van der Waals surface area contributed by atoms with Crippen LogP contribution >= 0.6 is 12.4 Å². The molecular weight excluding hydrogens is 168 g/mol. The Labute approximate surface area is 73.3 Å². The van der Waals surface area contributed by atoms with Gasteiger partial charge in [-0.25, -0.2) is 0 Å². The number of aliphatic carboxylic acids is 1. The maximum atomic E-state index is 9.87. The lowest BCUT2D eigenvalue weighted by Gasteiger charge is -1.89. The Morgan fingerprint density at radius 2 is 1.82 bits per heavy atom. The van der Waals surface area contributed by atoms with Gasteiger partial charge in [0.15, 0.2) is 0 Å². The van der Waals surface area contributed by atoms with Gasteiger partial charge in [-0.3, -0.25) is 16.5 Å². The minimum Gasteiger partial charge on any atom is -0.481 e. The lowest BCUT2D eigenvalue weighted by atomic mass is 10.2. The van der Waals surface area contributed by atoms with Crippen LogP contribution in [0, 0.1) is 0 Å². The highest BCUT2D eigenvalue weighted by atomic mass is 35.5. The van der Waals surface area contributed by atoms with Crippen molar-refractivity contribution in [1.29, 1.82) is 0 Å². The van der Waals surface area contributed by atoms with Crippen molar-refractivity contribution in [1.82, 2.24) is 0 Å². The minimum atomic E-state index is -0.682. The second-order valence-electron chi connectivity index (χ2n) is 1.85. The van der Waals surface area contributed by atoms with Crippen LogP contribution in [0.5, 0.6) is 0 Å². The SMILES string of the molecule is CCCCCC(=O)O.Cl.NN. The largest absolute Gasteiger partial charge is 0.481 e. The summed E-state index contributed by atoms with van der Waals surface area (Å²) >= 11 is 0. The van der Waals surface area contributed by atoms with Crippen molar-refractivity contribution in [2.24, 2.45) is 11.7 Å². The number of rotatable bonds is 4. The number of carboxylic acids is 1. The van der Waals surface area contributed by atoms with Gasteiger partial charge in [-0.05, 0) is 6.42 Å². The van der Waals surface area contributed by atoms with Crippen molar-refractivity contribution in [2.75, 3.05) is 0 Å². The quantitative estimate of drug-likeness (QED) is 0.344. The normalized spacial score (nSPS) is 7.18. The van der Waals surface area contributed by atoms with E-state index < -0.39 is 5.97 Å². The summed E-state index contributed by atoms with van der Waals surface area (Å²) in [6, 6.07) is 0. The number of hydrazine groups is 1. The second-order valence-corrected chi connectivity index (χ2v) is 1.85. The summed E-state index contributed by atoms with van der Waals surface area (Å²) in [5.41, 5.74) is 0. The first-order valence-corrected chi connectivity index (χ1v) is 3.32. The Bertz CT molecular complexity index is 81.0. The molecule has 11 heavy (non-hydrogen) atoms. The summed E-state index contributed by atoms with van der Waals surface area (Å²) in [5.74, 6) is 7.32. The third-order valence-electron chi connectivity index (χ3n) is 0.994. The fourth-order valence-electron chi connectivity index (χ4n) is 0.526. The number of carbonyl (C=O) groups is 1. The highest BCUT2D eigenvalue weighted by Gasteiger charge is 1.92. The van der Waals surface area contributed by atoms with E-state index in [-0.39, 0.29) is 12.4 Å². The zero-order valence-electron chi connectivity index (χ0n) is 6.75. The molecule has 5 N–H and O–H groups in total. The monoisotopic (exact) mass is 184 g/mol. The maximum Gasteiger partial charge on any atom is 0.303 e. The molecule has 0 radical (unpaired) electrons. The Morgan fingerprint density at radius 1 is 1.36 bits per heavy atom. The highest BCUT2D eigenvalue weighted by Crippen LogP contribution is 1.97. The first-order valence-electron chi connectivity index (χ1n) is 3.32. The predicted octanol–water partition coefficient (Wildman–Crippen LogP) is 0.892. The van der Waals surface area contributed by atoms with Crippen LogP contribution in [0.1, 0.15) is 32.6 Å². The van der Waals surface area contributed by atoms with Gasteiger partial charge in [-0.15, -0.1) is 12.4 Å². The number of hydrogen-bond donors (Lipinski definition) is 3. The summed E-state index contributed by atoms with van der Waals surface area (Å²) in [7, 11) is 0. The molecule has 0 saturated heterocycles. The first-order chi connectivity index (χ1) is 4.77. The van der Waals surface area contributed by atoms with E-state index >= 15 is 0 Å². The summed E-state index contributed by atoms with van der Waals surface area (Å²) < 4.78 is 0. The molecule has 0 bridgehead atoms. The van der Waals surface area contributed by atoms with Gasteiger partial charge in [0.05, 0.1) is 0 Å². The standard InChI is InChI=1S/C6H12O2.ClH.H4N2/c1-2-3-4-5-6(7)8;;1-2/h2-5H2,1H3,(H,7,8);1H;1-2H2. The number of nitrogens with two attached hydrogens (primary N) is 2. The Hall–Kier alpha value is -0.320. The molecule has 0 atom stereocenters. The second kappa shape index (κ2) is 16.3. The summed E-state index contributed by atoms with van der Waals surface area (Å²) in [4.78, 5) is 9.87. The van der Waals surface area contributed by atoms with Crippen molar-refractivity contribution >= 4 is 18.4 Å². The number of hydrogen-bond acceptors (Lipinski definition) is 3. The van der Waals surface area contributed by atoms with E-state index in [1.54, 1.807) is 0 Å². The predicted molar refractivity (Wildman–Crippen MR) is 47.4 cm³/mol. The van der Waals surface area contributed by atoms with Crippen molar-refractivity contribution in [3.8, 4) is 0 Å². The van der Waals surface area contributed by atoms with Crippen LogP contribution in [-0.4, -0.2) is 11.1 Å². The van der Waals surface area contributed by atoms with Crippen LogP contribution in [0.3, 0.4) is 0 Å². The fraction of sp³-hybridized carbons (Fsp3) is 0.833. The molecule has 0 fully saturated rings. The highest BCUT2D eigenvalue weighted by molar-refractivity contribution is 5.85. The molecule has 70 valence electrons. The molecular formula is C6H17ClN2O2. The molecule has 0 unspecified atom stereocenters. The molecule has 0 aromatic carbocycles. The van der Waals surface area contributed by atoms with Crippen molar-refractivity contribution in [3.63, 3.8) is 0 Å². The van der Waals surface area contributed by atoms with E-state index in [1.165, 1.54) is 0 Å². The van der Waals surface area contributed by atoms with E-state index in [9.17, 15) is 4.79 Å². The van der Waals surface area contributed by atoms with Gasteiger partial charge in [-0.2, -0.15) is 0 Å². The van der Waals surface area contributed by atoms with Crippen LogP contribution in [0.25, 0.3) is 0 Å².